The predicted octanol–water partition coefficient (Wildman–Crippen LogP) is 3.54. The van der Waals surface area contributed by atoms with Crippen LogP contribution in [0.2, 0.25) is 0 Å². The van der Waals surface area contributed by atoms with Crippen LogP contribution >= 0.6 is 0 Å². The molecule has 0 saturated carbocycles. The molecule has 2 aromatic carbocycles. The SMILES string of the molecule is Cc1ccc(CN)cc1-c1cc2ccccc2nc1C#N. The summed E-state index contributed by atoms with van der Waals surface area (Å²) in [6.45, 7) is 2.52. The van der Waals surface area contributed by atoms with Crippen molar-refractivity contribution in [3.05, 3.63) is 65.4 Å². The molecule has 0 atom stereocenters. The quantitative estimate of drug-likeness (QED) is 0.776. The Kier molecular flexibility index (Phi) is 3.39. The highest BCUT2D eigenvalue weighted by Crippen LogP contribution is 2.29. The van der Waals surface area contributed by atoms with E-state index in [4.69, 9.17) is 5.73 Å². The van der Waals surface area contributed by atoms with Crippen molar-refractivity contribution in [3.63, 3.8) is 0 Å². The van der Waals surface area contributed by atoms with E-state index in [9.17, 15) is 5.26 Å². The molecule has 0 unspecified atom stereocenters. The number of pyridine rings is 1. The molecule has 0 aliphatic rings. The van der Waals surface area contributed by atoms with E-state index in [0.29, 0.717) is 12.2 Å². The number of rotatable bonds is 2. The van der Waals surface area contributed by atoms with E-state index in [1.54, 1.807) is 0 Å². The molecule has 2 N–H and O–H groups in total. The minimum atomic E-state index is 0.450. The summed E-state index contributed by atoms with van der Waals surface area (Å²) in [7, 11) is 0. The number of nitrogens with zero attached hydrogens (tertiary/aromatic N) is 2. The zero-order valence-electron chi connectivity index (χ0n) is 11.8. The summed E-state index contributed by atoms with van der Waals surface area (Å²) < 4.78 is 0. The second kappa shape index (κ2) is 5.35. The Balaban J connectivity index is 2.31. The zero-order chi connectivity index (χ0) is 14.8. The molecular formula is C18H15N3. The minimum absolute atomic E-state index is 0.450. The molecule has 0 aliphatic heterocycles. The third-order valence-corrected chi connectivity index (χ3v) is 3.66. The first-order valence-electron chi connectivity index (χ1n) is 6.83. The average Bonchev–Trinajstić information content (AvgIpc) is 2.54. The Morgan fingerprint density at radius 1 is 1.10 bits per heavy atom. The summed E-state index contributed by atoms with van der Waals surface area (Å²) in [5, 5.41) is 10.5. The van der Waals surface area contributed by atoms with Gasteiger partial charge in [-0.1, -0.05) is 30.3 Å². The highest BCUT2D eigenvalue weighted by molar-refractivity contribution is 5.86. The van der Waals surface area contributed by atoms with E-state index in [-0.39, 0.29) is 0 Å². The largest absolute Gasteiger partial charge is 0.326 e. The van der Waals surface area contributed by atoms with Gasteiger partial charge in [0.05, 0.1) is 5.52 Å². The summed E-state index contributed by atoms with van der Waals surface area (Å²) in [6, 6.07) is 18.2. The van der Waals surface area contributed by atoms with Crippen molar-refractivity contribution in [3.8, 4) is 17.2 Å². The van der Waals surface area contributed by atoms with Crippen molar-refractivity contribution >= 4 is 10.9 Å². The summed E-state index contributed by atoms with van der Waals surface area (Å²) in [6.07, 6.45) is 0. The van der Waals surface area contributed by atoms with Gasteiger partial charge in [0.25, 0.3) is 0 Å². The minimum Gasteiger partial charge on any atom is -0.326 e. The average molecular weight is 273 g/mol. The van der Waals surface area contributed by atoms with Crippen LogP contribution in [0, 0.1) is 18.3 Å². The van der Waals surface area contributed by atoms with Crippen LogP contribution in [-0.4, -0.2) is 4.98 Å². The maximum atomic E-state index is 9.42. The lowest BCUT2D eigenvalue weighted by molar-refractivity contribution is 1.07. The third-order valence-electron chi connectivity index (χ3n) is 3.66. The van der Waals surface area contributed by atoms with Crippen LogP contribution in [0.1, 0.15) is 16.8 Å². The lowest BCUT2D eigenvalue weighted by Gasteiger charge is -2.11. The van der Waals surface area contributed by atoms with Gasteiger partial charge in [0, 0.05) is 17.5 Å². The topological polar surface area (TPSA) is 62.7 Å². The van der Waals surface area contributed by atoms with Gasteiger partial charge in [0.1, 0.15) is 11.8 Å². The van der Waals surface area contributed by atoms with Gasteiger partial charge in [-0.25, -0.2) is 4.98 Å². The molecule has 3 nitrogen and oxygen atoms in total. The number of aryl methyl sites for hydroxylation is 1. The maximum Gasteiger partial charge on any atom is 0.149 e. The third kappa shape index (κ3) is 2.37. The van der Waals surface area contributed by atoms with Crippen LogP contribution in [-0.2, 0) is 6.54 Å². The van der Waals surface area contributed by atoms with E-state index in [2.05, 4.69) is 11.1 Å². The molecule has 102 valence electrons. The van der Waals surface area contributed by atoms with Crippen molar-refractivity contribution in [2.45, 2.75) is 13.5 Å². The Hall–Kier alpha value is -2.70. The maximum absolute atomic E-state index is 9.42. The van der Waals surface area contributed by atoms with E-state index < -0.39 is 0 Å². The predicted molar refractivity (Wildman–Crippen MR) is 84.5 cm³/mol. The monoisotopic (exact) mass is 273 g/mol. The van der Waals surface area contributed by atoms with Crippen molar-refractivity contribution in [1.82, 2.24) is 4.98 Å². The first-order chi connectivity index (χ1) is 10.2. The zero-order valence-corrected chi connectivity index (χ0v) is 11.8. The fraction of sp³-hybridized carbons (Fsp3) is 0.111. The van der Waals surface area contributed by atoms with Gasteiger partial charge < -0.3 is 5.73 Å². The van der Waals surface area contributed by atoms with Crippen molar-refractivity contribution in [1.29, 1.82) is 5.26 Å². The molecule has 0 fully saturated rings. The van der Waals surface area contributed by atoms with Crippen molar-refractivity contribution in [2.75, 3.05) is 0 Å². The Morgan fingerprint density at radius 3 is 2.67 bits per heavy atom. The van der Waals surface area contributed by atoms with Crippen LogP contribution in [0.15, 0.2) is 48.5 Å². The second-order valence-electron chi connectivity index (χ2n) is 5.04. The first kappa shape index (κ1) is 13.3. The summed E-state index contributed by atoms with van der Waals surface area (Å²) in [5.41, 5.74) is 11.1. The Bertz CT molecular complexity index is 860. The van der Waals surface area contributed by atoms with Crippen molar-refractivity contribution in [2.24, 2.45) is 5.73 Å². The summed E-state index contributed by atoms with van der Waals surface area (Å²) in [4.78, 5) is 4.47. The fourth-order valence-electron chi connectivity index (χ4n) is 2.49. The summed E-state index contributed by atoms with van der Waals surface area (Å²) >= 11 is 0. The van der Waals surface area contributed by atoms with Crippen LogP contribution in [0.5, 0.6) is 0 Å². The number of hydrogen-bond donors (Lipinski definition) is 1. The molecule has 0 aliphatic carbocycles. The van der Waals surface area contributed by atoms with Crippen LogP contribution in [0.25, 0.3) is 22.0 Å². The first-order valence-corrected chi connectivity index (χ1v) is 6.83. The number of benzene rings is 2. The molecule has 3 rings (SSSR count). The van der Waals surface area contributed by atoms with Gasteiger partial charge in [0.2, 0.25) is 0 Å². The van der Waals surface area contributed by atoms with Crippen molar-refractivity contribution < 1.29 is 0 Å². The van der Waals surface area contributed by atoms with Crippen LogP contribution in [0.3, 0.4) is 0 Å². The number of aromatic nitrogens is 1. The summed E-state index contributed by atoms with van der Waals surface area (Å²) in [5.74, 6) is 0. The highest BCUT2D eigenvalue weighted by atomic mass is 14.7. The molecule has 3 heteroatoms. The molecule has 0 spiro atoms. The fourth-order valence-corrected chi connectivity index (χ4v) is 2.49. The van der Waals surface area contributed by atoms with Gasteiger partial charge in [0.15, 0.2) is 0 Å². The number of nitriles is 1. The molecule has 0 radical (unpaired) electrons. The highest BCUT2D eigenvalue weighted by Gasteiger charge is 2.11. The molecular weight excluding hydrogens is 258 g/mol. The van der Waals surface area contributed by atoms with Gasteiger partial charge in [-0.15, -0.1) is 0 Å². The smallest absolute Gasteiger partial charge is 0.149 e. The number of para-hydroxylation sites is 1. The van der Waals surface area contributed by atoms with Crippen LogP contribution in [0.4, 0.5) is 0 Å². The lowest BCUT2D eigenvalue weighted by atomic mass is 9.96. The van der Waals surface area contributed by atoms with Gasteiger partial charge in [-0.05, 0) is 41.8 Å². The molecule has 0 saturated heterocycles. The van der Waals surface area contributed by atoms with Gasteiger partial charge in [-0.2, -0.15) is 5.26 Å². The van der Waals surface area contributed by atoms with Gasteiger partial charge >= 0.3 is 0 Å². The molecule has 0 amide bonds. The molecule has 1 aromatic heterocycles. The Labute approximate surface area is 123 Å². The van der Waals surface area contributed by atoms with Crippen LogP contribution < -0.4 is 5.73 Å². The van der Waals surface area contributed by atoms with E-state index in [1.165, 1.54) is 0 Å². The molecule has 21 heavy (non-hydrogen) atoms. The normalized spacial score (nSPS) is 10.5. The van der Waals surface area contributed by atoms with E-state index in [0.717, 1.165) is 33.2 Å². The second-order valence-corrected chi connectivity index (χ2v) is 5.04. The van der Waals surface area contributed by atoms with E-state index >= 15 is 0 Å². The Morgan fingerprint density at radius 2 is 1.90 bits per heavy atom. The standard InChI is InChI=1S/C18H15N3/c1-12-6-7-13(10-19)8-15(12)16-9-14-4-2-3-5-17(14)21-18(16)11-20/h2-9H,10,19H2,1H3. The van der Waals surface area contributed by atoms with Gasteiger partial charge in [-0.3, -0.25) is 0 Å². The number of nitrogens with two attached hydrogens (primary N) is 1. The molecule has 1 heterocycles. The van der Waals surface area contributed by atoms with E-state index in [1.807, 2.05) is 55.5 Å². The number of hydrogen-bond acceptors (Lipinski definition) is 3. The lowest BCUT2D eigenvalue weighted by Crippen LogP contribution is -1.98. The molecule has 0 bridgehead atoms. The number of fused-ring (bicyclic) bond motifs is 1. The molecule has 3 aromatic rings.